The van der Waals surface area contributed by atoms with Gasteiger partial charge in [-0.05, 0) is 36.9 Å². The smallest absolute Gasteiger partial charge is 0.243 e. The second-order valence-corrected chi connectivity index (χ2v) is 6.43. The Morgan fingerprint density at radius 3 is 2.64 bits per heavy atom. The molecule has 2 aromatic heterocycles. The van der Waals surface area contributed by atoms with Crippen LogP contribution in [0.4, 0.5) is 14.6 Å². The first-order chi connectivity index (χ1) is 12.0. The molecule has 0 saturated carbocycles. The van der Waals surface area contributed by atoms with Gasteiger partial charge in [-0.25, -0.2) is 13.3 Å². The summed E-state index contributed by atoms with van der Waals surface area (Å²) in [5.41, 5.74) is 1.32. The third-order valence-electron chi connectivity index (χ3n) is 3.83. The van der Waals surface area contributed by atoms with Crippen LogP contribution < -0.4 is 5.32 Å². The first kappa shape index (κ1) is 17.9. The van der Waals surface area contributed by atoms with Crippen LogP contribution in [0.2, 0.25) is 10.4 Å². The summed E-state index contributed by atoms with van der Waals surface area (Å²) in [5, 5.41) is 7.05. The molecule has 0 fully saturated rings. The van der Waals surface area contributed by atoms with Crippen molar-refractivity contribution in [2.24, 2.45) is 0 Å². The zero-order valence-corrected chi connectivity index (χ0v) is 15.0. The molecule has 1 aromatic carbocycles. The number of aromatic nitrogens is 3. The maximum absolute atomic E-state index is 14.9. The highest BCUT2D eigenvalue weighted by molar-refractivity contribution is 6.31. The van der Waals surface area contributed by atoms with Gasteiger partial charge in [-0.3, -0.25) is 0 Å². The highest BCUT2D eigenvalue weighted by atomic mass is 35.5. The van der Waals surface area contributed by atoms with Gasteiger partial charge in [-0.1, -0.05) is 41.9 Å². The van der Waals surface area contributed by atoms with Crippen molar-refractivity contribution in [3.8, 4) is 0 Å². The molecule has 3 aromatic rings. The van der Waals surface area contributed by atoms with Crippen LogP contribution in [0.3, 0.4) is 0 Å². The average molecular weight is 385 g/mol. The van der Waals surface area contributed by atoms with Crippen LogP contribution in [0, 0.1) is 5.82 Å². The number of rotatable bonds is 6. The molecule has 132 valence electrons. The topological polar surface area (TPSA) is 42.2 Å². The minimum Gasteiger partial charge on any atom is -0.364 e. The summed E-state index contributed by atoms with van der Waals surface area (Å²) < 4.78 is 29.2. The van der Waals surface area contributed by atoms with Crippen molar-refractivity contribution in [1.82, 2.24) is 14.6 Å². The van der Waals surface area contributed by atoms with E-state index in [9.17, 15) is 8.78 Å². The van der Waals surface area contributed by atoms with E-state index in [1.54, 1.807) is 0 Å². The number of nitrogens with one attached hydrogen (secondary N) is 1. The number of halogens is 4. The summed E-state index contributed by atoms with van der Waals surface area (Å²) in [6.45, 7) is 1.86. The largest absolute Gasteiger partial charge is 0.364 e. The Kier molecular flexibility index (Phi) is 5.39. The normalized spacial score (nSPS) is 12.5. The van der Waals surface area contributed by atoms with Crippen molar-refractivity contribution < 1.29 is 8.78 Å². The summed E-state index contributed by atoms with van der Waals surface area (Å²) in [6.07, 6.45) is -0.716. The quantitative estimate of drug-likeness (QED) is 0.644. The van der Waals surface area contributed by atoms with Crippen molar-refractivity contribution in [2.75, 3.05) is 5.32 Å². The fraction of sp³-hybridized carbons (Fsp3) is 0.294. The van der Waals surface area contributed by atoms with Gasteiger partial charge < -0.3 is 5.32 Å². The molecule has 0 amide bonds. The van der Waals surface area contributed by atoms with Crippen LogP contribution in [-0.4, -0.2) is 20.8 Å². The Morgan fingerprint density at radius 1 is 1.24 bits per heavy atom. The molecular formula is C17H16Cl2F2N4. The molecule has 1 N–H and O–H groups in total. The Bertz CT molecular complexity index is 881. The lowest BCUT2D eigenvalue weighted by atomic mass is 10.1. The Balaban J connectivity index is 1.99. The lowest BCUT2D eigenvalue weighted by Crippen LogP contribution is -2.06. The lowest BCUT2D eigenvalue weighted by molar-refractivity contribution is 0.340. The predicted octanol–water partition coefficient (Wildman–Crippen LogP) is 5.08. The monoisotopic (exact) mass is 384 g/mol. The van der Waals surface area contributed by atoms with E-state index in [-0.39, 0.29) is 40.2 Å². The zero-order chi connectivity index (χ0) is 18.0. The lowest BCUT2D eigenvalue weighted by Gasteiger charge is -2.08. The maximum atomic E-state index is 14.9. The minimum atomic E-state index is -1.05. The average Bonchev–Trinajstić information content (AvgIpc) is 2.82. The molecule has 0 aliphatic rings. The molecule has 4 nitrogen and oxygen atoms in total. The molecule has 0 radical (unpaired) electrons. The molecular weight excluding hydrogens is 369 g/mol. The summed E-state index contributed by atoms with van der Waals surface area (Å²) in [4.78, 5) is 4.08. The van der Waals surface area contributed by atoms with Crippen molar-refractivity contribution >= 4 is 34.5 Å². The van der Waals surface area contributed by atoms with Gasteiger partial charge in [-0.2, -0.15) is 4.98 Å². The van der Waals surface area contributed by atoms with Gasteiger partial charge in [0.05, 0.1) is 6.17 Å². The Hall–Kier alpha value is -1.92. The third kappa shape index (κ3) is 3.85. The van der Waals surface area contributed by atoms with E-state index < -0.39 is 12.0 Å². The van der Waals surface area contributed by atoms with Crippen LogP contribution >= 0.6 is 23.2 Å². The highest BCUT2D eigenvalue weighted by Crippen LogP contribution is 2.31. The number of hydrogen-bond donors (Lipinski definition) is 1. The fourth-order valence-corrected chi connectivity index (χ4v) is 3.02. The molecule has 8 heteroatoms. The van der Waals surface area contributed by atoms with E-state index in [1.165, 1.54) is 11.4 Å². The van der Waals surface area contributed by atoms with Crippen molar-refractivity contribution in [1.29, 1.82) is 0 Å². The van der Waals surface area contributed by atoms with Gasteiger partial charge >= 0.3 is 0 Å². The van der Waals surface area contributed by atoms with E-state index in [1.807, 2.05) is 30.3 Å². The van der Waals surface area contributed by atoms with E-state index >= 15 is 0 Å². The van der Waals surface area contributed by atoms with Crippen LogP contribution in [0.25, 0.3) is 5.52 Å². The summed E-state index contributed by atoms with van der Waals surface area (Å²) >= 11 is 12.2. The molecule has 0 bridgehead atoms. The summed E-state index contributed by atoms with van der Waals surface area (Å²) in [5.74, 6) is -0.319. The molecule has 3 rings (SSSR count). The minimum absolute atomic E-state index is 0.0645. The van der Waals surface area contributed by atoms with Gasteiger partial charge in [0, 0.05) is 12.1 Å². The van der Waals surface area contributed by atoms with E-state index in [4.69, 9.17) is 23.2 Å². The van der Waals surface area contributed by atoms with Crippen LogP contribution in [0.15, 0.2) is 30.3 Å². The number of nitrogens with zero attached hydrogens (tertiary/aromatic N) is 3. The summed E-state index contributed by atoms with van der Waals surface area (Å²) in [7, 11) is 0. The molecule has 25 heavy (non-hydrogen) atoms. The number of benzene rings is 1. The van der Waals surface area contributed by atoms with Gasteiger partial charge in [0.25, 0.3) is 0 Å². The van der Waals surface area contributed by atoms with Crippen LogP contribution in [0.5, 0.6) is 0 Å². The highest BCUT2D eigenvalue weighted by Gasteiger charge is 2.22. The summed E-state index contributed by atoms with van der Waals surface area (Å²) in [6, 6.07) is 9.59. The van der Waals surface area contributed by atoms with E-state index in [0.717, 1.165) is 5.56 Å². The predicted molar refractivity (Wildman–Crippen MR) is 95.6 cm³/mol. The van der Waals surface area contributed by atoms with Crippen LogP contribution in [-0.2, 0) is 13.0 Å². The van der Waals surface area contributed by atoms with Crippen molar-refractivity contribution in [3.05, 3.63) is 57.7 Å². The number of anilines is 1. The second-order valence-electron chi connectivity index (χ2n) is 5.73. The molecule has 2 heterocycles. The Morgan fingerprint density at radius 2 is 1.96 bits per heavy atom. The molecule has 0 aliphatic heterocycles. The number of fused-ring (bicyclic) bond motifs is 1. The first-order valence-corrected chi connectivity index (χ1v) is 8.57. The molecule has 0 spiro atoms. The van der Waals surface area contributed by atoms with Gasteiger partial charge in [0.15, 0.2) is 11.6 Å². The van der Waals surface area contributed by atoms with Gasteiger partial charge in [0.2, 0.25) is 5.28 Å². The standard InChI is InChI=1S/C17H16Cl2F2N4/c1-10(20)7-8-12-13(21)14-16(22-9-11-5-3-2-4-6-11)23-17(19)24-25(14)15(12)18/h2-6,10H,7-9H2,1H3,(H,22,23,24). The van der Waals surface area contributed by atoms with Crippen molar-refractivity contribution in [2.45, 2.75) is 32.5 Å². The zero-order valence-electron chi connectivity index (χ0n) is 13.4. The molecule has 1 atom stereocenters. The van der Waals surface area contributed by atoms with E-state index in [0.29, 0.717) is 6.54 Å². The molecule has 0 aliphatic carbocycles. The molecule has 1 unspecified atom stereocenters. The first-order valence-electron chi connectivity index (χ1n) is 7.81. The number of hydrogen-bond acceptors (Lipinski definition) is 3. The SMILES string of the molecule is CC(F)CCc1c(F)c2c(NCc3ccccc3)nc(Cl)nn2c1Cl. The van der Waals surface area contributed by atoms with Gasteiger partial charge in [0.1, 0.15) is 10.7 Å². The van der Waals surface area contributed by atoms with E-state index in [2.05, 4.69) is 15.4 Å². The molecule has 0 saturated heterocycles. The second kappa shape index (κ2) is 7.54. The Labute approximate surface area is 153 Å². The van der Waals surface area contributed by atoms with Crippen LogP contribution in [0.1, 0.15) is 24.5 Å². The van der Waals surface area contributed by atoms with Crippen molar-refractivity contribution in [3.63, 3.8) is 0 Å². The van der Waals surface area contributed by atoms with Gasteiger partial charge in [-0.15, -0.1) is 5.10 Å². The number of alkyl halides is 1. The maximum Gasteiger partial charge on any atom is 0.243 e. The third-order valence-corrected chi connectivity index (χ3v) is 4.37. The fourth-order valence-electron chi connectivity index (χ4n) is 2.56.